The molecule has 1 aliphatic carbocycles. The van der Waals surface area contributed by atoms with Gasteiger partial charge in [-0.25, -0.2) is 4.98 Å². The molecule has 0 spiro atoms. The van der Waals surface area contributed by atoms with E-state index in [0.29, 0.717) is 5.92 Å². The number of hydrogen-bond donors (Lipinski definition) is 1. The van der Waals surface area contributed by atoms with Crippen molar-refractivity contribution in [1.82, 2.24) is 4.98 Å². The van der Waals surface area contributed by atoms with E-state index in [1.54, 1.807) is 11.3 Å². The van der Waals surface area contributed by atoms with Gasteiger partial charge in [0.15, 0.2) is 0 Å². The molecule has 0 aromatic carbocycles. The molecule has 0 amide bonds. The Morgan fingerprint density at radius 1 is 1.44 bits per heavy atom. The minimum atomic E-state index is -0.117. The second-order valence-electron chi connectivity index (χ2n) is 5.48. The average Bonchev–Trinajstić information content (AvgIpc) is 2.96. The number of thiazole rings is 1. The van der Waals surface area contributed by atoms with Crippen LogP contribution < -0.4 is 5.73 Å². The van der Waals surface area contributed by atoms with Crippen molar-refractivity contribution in [1.29, 1.82) is 0 Å². The van der Waals surface area contributed by atoms with Gasteiger partial charge in [0.05, 0.1) is 11.7 Å². The minimum Gasteiger partial charge on any atom is -0.368 e. The highest BCUT2D eigenvalue weighted by Crippen LogP contribution is 2.43. The van der Waals surface area contributed by atoms with Crippen LogP contribution in [-0.2, 0) is 10.3 Å². The Kier molecular flexibility index (Phi) is 4.41. The minimum absolute atomic E-state index is 0.0371. The lowest BCUT2D eigenvalue weighted by atomic mass is 10.0. The van der Waals surface area contributed by atoms with Crippen LogP contribution in [0.5, 0.6) is 0 Å². The zero-order valence-electron chi connectivity index (χ0n) is 11.6. The van der Waals surface area contributed by atoms with Gasteiger partial charge in [-0.3, -0.25) is 0 Å². The third kappa shape index (κ3) is 2.60. The maximum atomic E-state index is 6.17. The van der Waals surface area contributed by atoms with E-state index in [4.69, 9.17) is 15.5 Å². The first-order valence-corrected chi connectivity index (χ1v) is 7.82. The van der Waals surface area contributed by atoms with Gasteiger partial charge in [0.25, 0.3) is 0 Å². The molecule has 0 saturated heterocycles. The molecule has 3 nitrogen and oxygen atoms in total. The van der Waals surface area contributed by atoms with E-state index >= 15 is 0 Å². The second kappa shape index (κ2) is 5.68. The fourth-order valence-corrected chi connectivity index (χ4v) is 3.71. The van der Waals surface area contributed by atoms with E-state index in [2.05, 4.69) is 26.2 Å². The number of rotatable bonds is 5. The van der Waals surface area contributed by atoms with Crippen molar-refractivity contribution < 1.29 is 4.74 Å². The molecular formula is C14H24N2OS. The molecule has 0 bridgehead atoms. The Morgan fingerprint density at radius 2 is 2.11 bits per heavy atom. The number of nitrogens with zero attached hydrogens (tertiary/aromatic N) is 1. The molecule has 18 heavy (non-hydrogen) atoms. The van der Waals surface area contributed by atoms with Crippen LogP contribution in [0.15, 0.2) is 5.38 Å². The Bertz CT molecular complexity index is 383. The van der Waals surface area contributed by atoms with Gasteiger partial charge in [0, 0.05) is 12.0 Å². The maximum absolute atomic E-state index is 6.17. The lowest BCUT2D eigenvalue weighted by Crippen LogP contribution is -2.26. The van der Waals surface area contributed by atoms with Gasteiger partial charge in [-0.1, -0.05) is 26.7 Å². The highest BCUT2D eigenvalue weighted by atomic mass is 32.1. The molecule has 1 saturated carbocycles. The van der Waals surface area contributed by atoms with Gasteiger partial charge in [-0.2, -0.15) is 0 Å². The number of hydrogen-bond acceptors (Lipinski definition) is 4. The molecule has 1 atom stereocenters. The molecule has 0 aliphatic heterocycles. The first-order valence-electron chi connectivity index (χ1n) is 6.94. The highest BCUT2D eigenvalue weighted by molar-refractivity contribution is 7.09. The predicted octanol–water partition coefficient (Wildman–Crippen LogP) is 3.60. The fourth-order valence-electron chi connectivity index (χ4n) is 2.63. The van der Waals surface area contributed by atoms with Crippen LogP contribution in [0.2, 0.25) is 0 Å². The monoisotopic (exact) mass is 268 g/mol. The fraction of sp³-hybridized carbons (Fsp3) is 0.786. The van der Waals surface area contributed by atoms with Crippen LogP contribution >= 0.6 is 11.3 Å². The van der Waals surface area contributed by atoms with Gasteiger partial charge in [0.2, 0.25) is 0 Å². The summed E-state index contributed by atoms with van der Waals surface area (Å²) in [5, 5.41) is 3.24. The summed E-state index contributed by atoms with van der Waals surface area (Å²) in [6.07, 6.45) is 4.69. The van der Waals surface area contributed by atoms with Gasteiger partial charge >= 0.3 is 0 Å². The average molecular weight is 268 g/mol. The van der Waals surface area contributed by atoms with Gasteiger partial charge in [-0.05, 0) is 25.7 Å². The van der Waals surface area contributed by atoms with Gasteiger partial charge in [0.1, 0.15) is 10.6 Å². The molecule has 0 radical (unpaired) electrons. The summed E-state index contributed by atoms with van der Waals surface area (Å²) < 4.78 is 6.04. The standard InChI is InChI=1S/C14H24N2OS/c1-4-17-14(7-5-6-8-14)13-16-11(9-18-13)12(15)10(2)3/h9-10,12H,4-8,15H2,1-3H3. The molecule has 1 unspecified atom stereocenters. The summed E-state index contributed by atoms with van der Waals surface area (Å²) in [6.45, 7) is 7.09. The summed E-state index contributed by atoms with van der Waals surface area (Å²) in [6, 6.07) is 0.0371. The van der Waals surface area contributed by atoms with Crippen molar-refractivity contribution in [2.75, 3.05) is 6.61 Å². The normalized spacial score (nSPS) is 20.5. The van der Waals surface area contributed by atoms with Crippen molar-refractivity contribution in [3.05, 3.63) is 16.1 Å². The van der Waals surface area contributed by atoms with Crippen molar-refractivity contribution >= 4 is 11.3 Å². The zero-order chi connectivity index (χ0) is 13.2. The number of ether oxygens (including phenoxy) is 1. The van der Waals surface area contributed by atoms with Crippen molar-refractivity contribution in [3.63, 3.8) is 0 Å². The summed E-state index contributed by atoms with van der Waals surface area (Å²) in [4.78, 5) is 4.77. The molecule has 1 aromatic heterocycles. The summed E-state index contributed by atoms with van der Waals surface area (Å²) in [7, 11) is 0. The third-order valence-corrected chi connectivity index (χ3v) is 4.85. The number of aromatic nitrogens is 1. The smallest absolute Gasteiger partial charge is 0.125 e. The molecule has 2 N–H and O–H groups in total. The number of nitrogens with two attached hydrogens (primary N) is 1. The molecular weight excluding hydrogens is 244 g/mol. The molecule has 1 heterocycles. The topological polar surface area (TPSA) is 48.1 Å². The van der Waals surface area contributed by atoms with Crippen LogP contribution in [0, 0.1) is 5.92 Å². The van der Waals surface area contributed by atoms with Crippen LogP contribution in [0.4, 0.5) is 0 Å². The SMILES string of the molecule is CCOC1(c2nc(C(N)C(C)C)cs2)CCCC1. The van der Waals surface area contributed by atoms with Gasteiger partial charge < -0.3 is 10.5 Å². The Balaban J connectivity index is 2.22. The summed E-state index contributed by atoms with van der Waals surface area (Å²) >= 11 is 1.72. The second-order valence-corrected chi connectivity index (χ2v) is 6.34. The van der Waals surface area contributed by atoms with E-state index < -0.39 is 0 Å². The largest absolute Gasteiger partial charge is 0.368 e. The first kappa shape index (κ1) is 14.0. The Hall–Kier alpha value is -0.450. The van der Waals surface area contributed by atoms with Gasteiger partial charge in [-0.15, -0.1) is 11.3 Å². The molecule has 1 fully saturated rings. The van der Waals surface area contributed by atoms with E-state index in [-0.39, 0.29) is 11.6 Å². The van der Waals surface area contributed by atoms with Crippen molar-refractivity contribution in [2.45, 2.75) is 58.1 Å². The molecule has 1 aromatic rings. The summed E-state index contributed by atoms with van der Waals surface area (Å²) in [5.74, 6) is 0.423. The summed E-state index contributed by atoms with van der Waals surface area (Å²) in [5.41, 5.74) is 7.08. The molecule has 4 heteroatoms. The Labute approximate surface area is 114 Å². The van der Waals surface area contributed by atoms with Crippen LogP contribution in [-0.4, -0.2) is 11.6 Å². The first-order chi connectivity index (χ1) is 8.59. The Morgan fingerprint density at radius 3 is 2.67 bits per heavy atom. The van der Waals surface area contributed by atoms with E-state index in [9.17, 15) is 0 Å². The lowest BCUT2D eigenvalue weighted by Gasteiger charge is -2.26. The lowest BCUT2D eigenvalue weighted by molar-refractivity contribution is -0.0392. The molecule has 102 valence electrons. The van der Waals surface area contributed by atoms with Crippen LogP contribution in [0.25, 0.3) is 0 Å². The molecule has 1 aliphatic rings. The van der Waals surface area contributed by atoms with E-state index in [1.165, 1.54) is 12.8 Å². The van der Waals surface area contributed by atoms with Crippen molar-refractivity contribution in [2.24, 2.45) is 11.7 Å². The zero-order valence-corrected chi connectivity index (χ0v) is 12.4. The maximum Gasteiger partial charge on any atom is 0.125 e. The van der Waals surface area contributed by atoms with Crippen LogP contribution in [0.3, 0.4) is 0 Å². The highest BCUT2D eigenvalue weighted by Gasteiger charge is 2.39. The quantitative estimate of drug-likeness (QED) is 0.887. The third-order valence-electron chi connectivity index (χ3n) is 3.80. The van der Waals surface area contributed by atoms with E-state index in [1.807, 2.05) is 0 Å². The van der Waals surface area contributed by atoms with Crippen molar-refractivity contribution in [3.8, 4) is 0 Å². The van der Waals surface area contributed by atoms with Crippen LogP contribution in [0.1, 0.15) is 63.2 Å². The predicted molar refractivity (Wildman–Crippen MR) is 75.7 cm³/mol. The molecule has 2 rings (SSSR count). The van der Waals surface area contributed by atoms with E-state index in [0.717, 1.165) is 30.2 Å².